The van der Waals surface area contributed by atoms with Gasteiger partial charge in [0, 0.05) is 13.1 Å². The van der Waals surface area contributed by atoms with Crippen LogP contribution in [0.2, 0.25) is 0 Å². The number of hydrogen-bond acceptors (Lipinski definition) is 8. The number of benzene rings is 1. The molecular weight excluding hydrogens is 412 g/mol. The molecule has 0 amide bonds. The zero-order valence-corrected chi connectivity index (χ0v) is 18.1. The van der Waals surface area contributed by atoms with E-state index in [2.05, 4.69) is 5.16 Å². The number of aromatic nitrogens is 1. The smallest absolute Gasteiger partial charge is 0.338 e. The van der Waals surface area contributed by atoms with Crippen molar-refractivity contribution in [2.24, 2.45) is 0 Å². The molecule has 1 saturated heterocycles. The van der Waals surface area contributed by atoms with Crippen LogP contribution < -0.4 is 0 Å². The number of esters is 1. The van der Waals surface area contributed by atoms with Gasteiger partial charge in [-0.1, -0.05) is 5.16 Å². The van der Waals surface area contributed by atoms with Gasteiger partial charge in [-0.25, -0.2) is 13.2 Å². The lowest BCUT2D eigenvalue weighted by atomic mass is 10.1. The van der Waals surface area contributed by atoms with E-state index >= 15 is 0 Å². The van der Waals surface area contributed by atoms with Gasteiger partial charge < -0.3 is 14.0 Å². The van der Waals surface area contributed by atoms with Gasteiger partial charge in [-0.3, -0.25) is 4.79 Å². The van der Waals surface area contributed by atoms with E-state index in [0.717, 1.165) is 0 Å². The van der Waals surface area contributed by atoms with E-state index in [0.29, 0.717) is 17.0 Å². The summed E-state index contributed by atoms with van der Waals surface area (Å²) >= 11 is 0. The molecule has 9 nitrogen and oxygen atoms in total. The zero-order valence-electron chi connectivity index (χ0n) is 17.2. The van der Waals surface area contributed by atoms with Crippen molar-refractivity contribution in [3.8, 4) is 0 Å². The van der Waals surface area contributed by atoms with Crippen LogP contribution in [0.25, 0.3) is 0 Å². The molecule has 2 heterocycles. The second kappa shape index (κ2) is 8.66. The first kappa shape index (κ1) is 22.1. The van der Waals surface area contributed by atoms with Crippen molar-refractivity contribution < 1.29 is 32.0 Å². The summed E-state index contributed by atoms with van der Waals surface area (Å²) in [5, 5.41) is 3.70. The monoisotopic (exact) mass is 436 g/mol. The summed E-state index contributed by atoms with van der Waals surface area (Å²) in [6.45, 7) is 6.93. The van der Waals surface area contributed by atoms with Crippen LogP contribution in [0.4, 0.5) is 0 Å². The zero-order chi connectivity index (χ0) is 22.1. The first-order valence-electron chi connectivity index (χ1n) is 9.48. The van der Waals surface area contributed by atoms with E-state index in [9.17, 15) is 18.0 Å². The summed E-state index contributed by atoms with van der Waals surface area (Å²) in [6.07, 6.45) is -0.402. The Labute approximate surface area is 175 Å². The average molecular weight is 436 g/mol. The maximum absolute atomic E-state index is 12.9. The number of ketones is 1. The first-order chi connectivity index (χ1) is 14.1. The lowest BCUT2D eigenvalue weighted by Crippen LogP contribution is -2.48. The summed E-state index contributed by atoms with van der Waals surface area (Å²) in [7, 11) is -3.71. The van der Waals surface area contributed by atoms with Crippen LogP contribution in [-0.2, 0) is 19.5 Å². The topological polar surface area (TPSA) is 116 Å². The van der Waals surface area contributed by atoms with Crippen LogP contribution in [-0.4, -0.2) is 61.5 Å². The third kappa shape index (κ3) is 4.61. The molecule has 1 aliphatic rings. The van der Waals surface area contributed by atoms with Gasteiger partial charge >= 0.3 is 5.97 Å². The van der Waals surface area contributed by atoms with Crippen LogP contribution in [0.15, 0.2) is 33.7 Å². The summed E-state index contributed by atoms with van der Waals surface area (Å²) in [5.41, 5.74) is 0.859. The Morgan fingerprint density at radius 3 is 2.27 bits per heavy atom. The van der Waals surface area contributed by atoms with Gasteiger partial charge in [0.2, 0.25) is 15.8 Å². The number of nitrogens with zero attached hydrogens (tertiary/aromatic N) is 2. The molecule has 2 atom stereocenters. The Kier molecular flexibility index (Phi) is 6.39. The summed E-state index contributed by atoms with van der Waals surface area (Å²) in [4.78, 5) is 24.5. The number of Topliss-reactive ketones (excluding diaryl/α,β-unsaturated/α-hetero) is 1. The number of carbonyl (C=O) groups excluding carboxylic acids is 2. The molecule has 0 saturated carbocycles. The fraction of sp³-hybridized carbons (Fsp3) is 0.450. The standard InChI is InChI=1S/C20H24N2O7S/c1-12-9-22(10-13(2)28-12)30(25,26)17-7-5-16(6-8-17)20(24)27-11-18(23)19-14(3)21-29-15(19)4/h5-8,12-13H,9-11H2,1-4H3/t12-,13-/m1/s1. The van der Waals surface area contributed by atoms with Crippen molar-refractivity contribution in [3.63, 3.8) is 0 Å². The Morgan fingerprint density at radius 2 is 1.73 bits per heavy atom. The van der Waals surface area contributed by atoms with E-state index in [-0.39, 0.29) is 35.8 Å². The Bertz CT molecular complexity index is 1010. The highest BCUT2D eigenvalue weighted by Crippen LogP contribution is 2.22. The molecule has 162 valence electrons. The van der Waals surface area contributed by atoms with Crippen LogP contribution in [0.3, 0.4) is 0 Å². The minimum Gasteiger partial charge on any atom is -0.454 e. The van der Waals surface area contributed by atoms with Crippen molar-refractivity contribution in [2.75, 3.05) is 19.7 Å². The van der Waals surface area contributed by atoms with Crippen LogP contribution in [0, 0.1) is 13.8 Å². The van der Waals surface area contributed by atoms with Crippen LogP contribution in [0.5, 0.6) is 0 Å². The van der Waals surface area contributed by atoms with Crippen LogP contribution >= 0.6 is 0 Å². The molecular formula is C20H24N2O7S. The molecule has 0 bridgehead atoms. The predicted molar refractivity (Wildman–Crippen MR) is 106 cm³/mol. The Balaban J connectivity index is 1.66. The second-order valence-corrected chi connectivity index (χ2v) is 9.24. The highest BCUT2D eigenvalue weighted by atomic mass is 32.2. The molecule has 1 aromatic carbocycles. The summed E-state index contributed by atoms with van der Waals surface area (Å²) < 4.78 is 42.7. The summed E-state index contributed by atoms with van der Waals surface area (Å²) in [5.74, 6) is -0.795. The molecule has 0 N–H and O–H groups in total. The predicted octanol–water partition coefficient (Wildman–Crippen LogP) is 2.13. The third-order valence-corrected chi connectivity index (χ3v) is 6.61. The maximum Gasteiger partial charge on any atom is 0.338 e. The normalized spacial score (nSPS) is 20.1. The number of sulfonamides is 1. The SMILES string of the molecule is Cc1noc(C)c1C(=O)COC(=O)c1ccc(S(=O)(=O)N2C[C@@H](C)O[C@H](C)C2)cc1. The molecule has 0 unspecified atom stereocenters. The lowest BCUT2D eigenvalue weighted by molar-refractivity contribution is -0.0440. The lowest BCUT2D eigenvalue weighted by Gasteiger charge is -2.34. The molecule has 0 radical (unpaired) electrons. The van der Waals surface area contributed by atoms with E-state index in [1.165, 1.54) is 28.6 Å². The molecule has 0 spiro atoms. The van der Waals surface area contributed by atoms with Gasteiger partial charge in [-0.05, 0) is 52.0 Å². The number of morpholine rings is 1. The molecule has 1 fully saturated rings. The van der Waals surface area contributed by atoms with Gasteiger partial charge in [0.25, 0.3) is 0 Å². The highest BCUT2D eigenvalue weighted by molar-refractivity contribution is 7.89. The average Bonchev–Trinajstić information content (AvgIpc) is 3.03. The van der Waals surface area contributed by atoms with Crippen molar-refractivity contribution in [1.29, 1.82) is 0 Å². The second-order valence-electron chi connectivity index (χ2n) is 7.30. The Hall–Kier alpha value is -2.56. The Morgan fingerprint density at radius 1 is 1.13 bits per heavy atom. The largest absolute Gasteiger partial charge is 0.454 e. The number of rotatable bonds is 6. The number of carbonyl (C=O) groups is 2. The van der Waals surface area contributed by atoms with E-state index in [1.807, 2.05) is 13.8 Å². The van der Waals surface area contributed by atoms with Crippen molar-refractivity contribution >= 4 is 21.8 Å². The number of aryl methyl sites for hydroxylation is 2. The summed E-state index contributed by atoms with van der Waals surface area (Å²) in [6, 6.07) is 5.44. The number of hydrogen-bond donors (Lipinski definition) is 0. The molecule has 30 heavy (non-hydrogen) atoms. The van der Waals surface area contributed by atoms with Gasteiger partial charge in [0.15, 0.2) is 6.61 Å². The van der Waals surface area contributed by atoms with Gasteiger partial charge in [-0.2, -0.15) is 4.31 Å². The van der Waals surface area contributed by atoms with E-state index < -0.39 is 28.4 Å². The quantitative estimate of drug-likeness (QED) is 0.499. The molecule has 1 aromatic heterocycles. The number of ether oxygens (including phenoxy) is 2. The van der Waals surface area contributed by atoms with Gasteiger partial charge in [-0.15, -0.1) is 0 Å². The molecule has 3 rings (SSSR count). The van der Waals surface area contributed by atoms with Crippen molar-refractivity contribution in [2.45, 2.75) is 44.8 Å². The van der Waals surface area contributed by atoms with E-state index in [1.54, 1.807) is 13.8 Å². The minimum atomic E-state index is -3.71. The molecule has 1 aliphatic heterocycles. The minimum absolute atomic E-state index is 0.0761. The fourth-order valence-electron chi connectivity index (χ4n) is 3.41. The van der Waals surface area contributed by atoms with E-state index in [4.69, 9.17) is 14.0 Å². The third-order valence-electron chi connectivity index (χ3n) is 4.76. The molecule has 2 aromatic rings. The van der Waals surface area contributed by atoms with Crippen molar-refractivity contribution in [3.05, 3.63) is 46.8 Å². The molecule has 0 aliphatic carbocycles. The molecule has 10 heteroatoms. The van der Waals surface area contributed by atoms with Crippen molar-refractivity contribution in [1.82, 2.24) is 9.46 Å². The maximum atomic E-state index is 12.9. The van der Waals surface area contributed by atoms with Gasteiger partial charge in [0.1, 0.15) is 5.76 Å². The van der Waals surface area contributed by atoms with Crippen LogP contribution in [0.1, 0.15) is 46.0 Å². The fourth-order valence-corrected chi connectivity index (χ4v) is 5.00. The first-order valence-corrected chi connectivity index (χ1v) is 10.9. The van der Waals surface area contributed by atoms with Gasteiger partial charge in [0.05, 0.1) is 33.9 Å². The highest BCUT2D eigenvalue weighted by Gasteiger charge is 2.32.